The quantitative estimate of drug-likeness (QED) is 0.787. The van der Waals surface area contributed by atoms with Crippen molar-refractivity contribution < 1.29 is 9.90 Å². The Labute approximate surface area is 93.1 Å². The van der Waals surface area contributed by atoms with Crippen molar-refractivity contribution in [2.45, 2.75) is 31.6 Å². The molecule has 0 aliphatic heterocycles. The lowest BCUT2D eigenvalue weighted by Gasteiger charge is -2.11. The second-order valence-corrected chi connectivity index (χ2v) is 4.25. The molecule has 0 unspecified atom stereocenters. The molecule has 1 saturated carbocycles. The molecule has 1 heterocycles. The van der Waals surface area contributed by atoms with Gasteiger partial charge in [-0.25, -0.2) is 9.78 Å². The zero-order valence-electron chi connectivity index (χ0n) is 8.24. The van der Waals surface area contributed by atoms with Crippen molar-refractivity contribution in [1.82, 2.24) is 4.98 Å². The fourth-order valence-electron chi connectivity index (χ4n) is 2.18. The first-order valence-corrected chi connectivity index (χ1v) is 5.46. The minimum atomic E-state index is -0.987. The molecule has 1 N–H and O–H groups in total. The van der Waals surface area contributed by atoms with Gasteiger partial charge in [0.1, 0.15) is 5.15 Å². The molecule has 1 aromatic heterocycles. The number of rotatable bonds is 2. The number of halogens is 1. The molecule has 1 fully saturated rings. The Morgan fingerprint density at radius 1 is 1.40 bits per heavy atom. The fourth-order valence-corrected chi connectivity index (χ4v) is 2.33. The number of hydrogen-bond donors (Lipinski definition) is 1. The summed E-state index contributed by atoms with van der Waals surface area (Å²) in [6, 6.07) is 3.47. The van der Waals surface area contributed by atoms with Crippen molar-refractivity contribution >= 4 is 17.6 Å². The zero-order valence-corrected chi connectivity index (χ0v) is 9.00. The number of carbonyl (C=O) groups is 1. The van der Waals surface area contributed by atoms with Crippen molar-refractivity contribution in [3.05, 3.63) is 28.5 Å². The van der Waals surface area contributed by atoms with Gasteiger partial charge in [-0.15, -0.1) is 0 Å². The van der Waals surface area contributed by atoms with Crippen molar-refractivity contribution in [3.63, 3.8) is 0 Å². The van der Waals surface area contributed by atoms with Crippen LogP contribution in [0.4, 0.5) is 0 Å². The molecule has 0 saturated heterocycles. The maximum atomic E-state index is 11.0. The van der Waals surface area contributed by atoms with Gasteiger partial charge in [0.25, 0.3) is 0 Å². The Morgan fingerprint density at radius 3 is 2.67 bits per heavy atom. The van der Waals surface area contributed by atoms with Crippen LogP contribution in [0.2, 0.25) is 5.15 Å². The van der Waals surface area contributed by atoms with E-state index in [-0.39, 0.29) is 10.8 Å². The van der Waals surface area contributed by atoms with E-state index in [4.69, 9.17) is 16.7 Å². The minimum Gasteiger partial charge on any atom is -0.477 e. The van der Waals surface area contributed by atoms with E-state index in [0.29, 0.717) is 5.92 Å². The van der Waals surface area contributed by atoms with Crippen molar-refractivity contribution in [2.75, 3.05) is 0 Å². The Kier molecular flexibility index (Phi) is 2.91. The normalized spacial score (nSPS) is 16.9. The predicted molar refractivity (Wildman–Crippen MR) is 57.4 cm³/mol. The van der Waals surface area contributed by atoms with E-state index in [1.807, 2.05) is 0 Å². The Hall–Kier alpha value is -1.09. The molecule has 0 amide bonds. The van der Waals surface area contributed by atoms with Crippen LogP contribution in [0.3, 0.4) is 0 Å². The van der Waals surface area contributed by atoms with Gasteiger partial charge in [-0.2, -0.15) is 0 Å². The summed E-state index contributed by atoms with van der Waals surface area (Å²) in [6.45, 7) is 0. The van der Waals surface area contributed by atoms with Crippen LogP contribution >= 0.6 is 11.6 Å². The average Bonchev–Trinajstić information content (AvgIpc) is 2.70. The summed E-state index contributed by atoms with van der Waals surface area (Å²) >= 11 is 5.69. The van der Waals surface area contributed by atoms with E-state index in [2.05, 4.69) is 4.98 Å². The third-order valence-electron chi connectivity index (χ3n) is 2.89. The van der Waals surface area contributed by atoms with Crippen LogP contribution in [0.25, 0.3) is 0 Å². The van der Waals surface area contributed by atoms with Gasteiger partial charge in [0.05, 0.1) is 0 Å². The number of nitrogens with zero attached hydrogens (tertiary/aromatic N) is 1. The lowest BCUT2D eigenvalue weighted by atomic mass is 9.96. The second kappa shape index (κ2) is 4.19. The van der Waals surface area contributed by atoms with Gasteiger partial charge in [-0.1, -0.05) is 30.5 Å². The van der Waals surface area contributed by atoms with Crippen LogP contribution in [0.15, 0.2) is 12.1 Å². The van der Waals surface area contributed by atoms with Crippen LogP contribution in [0.5, 0.6) is 0 Å². The molecular formula is C11H12ClNO2. The Morgan fingerprint density at radius 2 is 2.07 bits per heavy atom. The lowest BCUT2D eigenvalue weighted by molar-refractivity contribution is 0.0688. The van der Waals surface area contributed by atoms with Crippen LogP contribution in [-0.2, 0) is 0 Å². The molecule has 1 aliphatic rings. The molecule has 80 valence electrons. The van der Waals surface area contributed by atoms with E-state index in [1.54, 1.807) is 12.1 Å². The van der Waals surface area contributed by atoms with Crippen molar-refractivity contribution in [1.29, 1.82) is 0 Å². The van der Waals surface area contributed by atoms with Crippen LogP contribution in [0.1, 0.15) is 47.7 Å². The molecule has 1 aromatic rings. The van der Waals surface area contributed by atoms with E-state index in [1.165, 1.54) is 12.8 Å². The SMILES string of the molecule is O=C(O)c1nc(Cl)ccc1C1CCCC1. The molecule has 2 rings (SSSR count). The highest BCUT2D eigenvalue weighted by atomic mass is 35.5. The molecule has 4 heteroatoms. The fraction of sp³-hybridized carbons (Fsp3) is 0.455. The Bertz CT molecular complexity index is 386. The number of aromatic nitrogens is 1. The third kappa shape index (κ3) is 2.12. The summed E-state index contributed by atoms with van der Waals surface area (Å²) in [7, 11) is 0. The highest BCUT2D eigenvalue weighted by molar-refractivity contribution is 6.29. The van der Waals surface area contributed by atoms with Crippen molar-refractivity contribution in [2.24, 2.45) is 0 Å². The first kappa shape index (κ1) is 10.4. The first-order chi connectivity index (χ1) is 7.18. The van der Waals surface area contributed by atoms with Gasteiger partial charge in [0.15, 0.2) is 5.69 Å². The van der Waals surface area contributed by atoms with E-state index >= 15 is 0 Å². The first-order valence-electron chi connectivity index (χ1n) is 5.08. The van der Waals surface area contributed by atoms with Gasteiger partial charge in [-0.05, 0) is 30.4 Å². The molecule has 15 heavy (non-hydrogen) atoms. The van der Waals surface area contributed by atoms with Crippen LogP contribution in [-0.4, -0.2) is 16.1 Å². The topological polar surface area (TPSA) is 50.2 Å². The van der Waals surface area contributed by atoms with Crippen LogP contribution < -0.4 is 0 Å². The average molecular weight is 226 g/mol. The van der Waals surface area contributed by atoms with Crippen molar-refractivity contribution in [3.8, 4) is 0 Å². The molecular weight excluding hydrogens is 214 g/mol. The second-order valence-electron chi connectivity index (χ2n) is 3.86. The van der Waals surface area contributed by atoms with Gasteiger partial charge in [-0.3, -0.25) is 0 Å². The minimum absolute atomic E-state index is 0.120. The number of hydrogen-bond acceptors (Lipinski definition) is 2. The maximum Gasteiger partial charge on any atom is 0.354 e. The van der Waals surface area contributed by atoms with E-state index < -0.39 is 5.97 Å². The molecule has 0 radical (unpaired) electrons. The van der Waals surface area contributed by atoms with Gasteiger partial charge < -0.3 is 5.11 Å². The maximum absolute atomic E-state index is 11.0. The molecule has 0 bridgehead atoms. The standard InChI is InChI=1S/C11H12ClNO2/c12-9-6-5-8(7-3-1-2-4-7)10(13-9)11(14)15/h5-7H,1-4H2,(H,14,15). The smallest absolute Gasteiger partial charge is 0.354 e. The number of carboxylic acid groups (broad SMARTS) is 1. The number of carboxylic acids is 1. The summed E-state index contributed by atoms with van der Waals surface area (Å²) in [5.74, 6) is -0.639. The molecule has 0 atom stereocenters. The summed E-state index contributed by atoms with van der Waals surface area (Å²) in [6.07, 6.45) is 4.46. The summed E-state index contributed by atoms with van der Waals surface area (Å²) in [5.41, 5.74) is 0.957. The highest BCUT2D eigenvalue weighted by Gasteiger charge is 2.23. The molecule has 1 aliphatic carbocycles. The summed E-state index contributed by atoms with van der Waals surface area (Å²) < 4.78 is 0. The van der Waals surface area contributed by atoms with E-state index in [9.17, 15) is 4.79 Å². The Balaban J connectivity index is 2.40. The number of pyridine rings is 1. The zero-order chi connectivity index (χ0) is 10.8. The highest BCUT2D eigenvalue weighted by Crippen LogP contribution is 2.35. The van der Waals surface area contributed by atoms with Gasteiger partial charge in [0, 0.05) is 0 Å². The van der Waals surface area contributed by atoms with Crippen LogP contribution in [0, 0.1) is 0 Å². The molecule has 3 nitrogen and oxygen atoms in total. The summed E-state index contributed by atoms with van der Waals surface area (Å²) in [4.78, 5) is 14.9. The van der Waals surface area contributed by atoms with Gasteiger partial charge in [0.2, 0.25) is 0 Å². The third-order valence-corrected chi connectivity index (χ3v) is 3.10. The van der Waals surface area contributed by atoms with Gasteiger partial charge >= 0.3 is 5.97 Å². The summed E-state index contributed by atoms with van der Waals surface area (Å²) in [5, 5.41) is 9.27. The predicted octanol–water partition coefficient (Wildman–Crippen LogP) is 3.09. The largest absolute Gasteiger partial charge is 0.477 e. The number of aromatic carboxylic acids is 1. The monoisotopic (exact) mass is 225 g/mol. The lowest BCUT2D eigenvalue weighted by Crippen LogP contribution is -2.08. The molecule has 0 spiro atoms. The molecule has 0 aromatic carbocycles. The van der Waals surface area contributed by atoms with E-state index in [0.717, 1.165) is 18.4 Å².